The lowest BCUT2D eigenvalue weighted by Crippen LogP contribution is -2.47. The molecule has 0 radical (unpaired) electrons. The fourth-order valence-electron chi connectivity index (χ4n) is 1.85. The molecule has 0 aliphatic carbocycles. The summed E-state index contributed by atoms with van der Waals surface area (Å²) in [7, 11) is 0. The Hall–Kier alpha value is -1.64. The number of carbonyl (C=O) groups is 1. The van der Waals surface area contributed by atoms with Gasteiger partial charge in [0.1, 0.15) is 13.2 Å². The average Bonchev–Trinajstić information content (AvgIpc) is 2.49. The van der Waals surface area contributed by atoms with E-state index in [0.29, 0.717) is 12.1 Å². The second-order valence-electron chi connectivity index (χ2n) is 5.23. The molecule has 0 bridgehead atoms. The van der Waals surface area contributed by atoms with Crippen LogP contribution < -0.4 is 10.1 Å². The van der Waals surface area contributed by atoms with Gasteiger partial charge in [-0.3, -0.25) is 9.00 Å². The number of hydrogen-bond donors (Lipinski definition) is 1. The fraction of sp³-hybridized carbons (Fsp3) is 0.462. The molecule has 0 fully saturated rings. The lowest BCUT2D eigenvalue weighted by molar-refractivity contribution is -0.222. The molecule has 0 saturated heterocycles. The molecule has 6 nitrogen and oxygen atoms in total. The predicted molar refractivity (Wildman–Crippen MR) is 81.6 cm³/mol. The Morgan fingerprint density at radius 2 is 1.89 bits per heavy atom. The molecule has 0 aliphatic rings. The van der Waals surface area contributed by atoms with Crippen LogP contribution in [-0.4, -0.2) is 50.6 Å². The van der Waals surface area contributed by atoms with E-state index in [-0.39, 0.29) is 0 Å². The first-order valence-electron chi connectivity index (χ1n) is 7.05. The first-order valence-corrected chi connectivity index (χ1v) is 8.46. The molecule has 28 heavy (non-hydrogen) atoms. The smallest absolute Gasteiger partial charge is 0.470 e. The van der Waals surface area contributed by atoms with Crippen molar-refractivity contribution in [3.05, 3.63) is 28.5 Å². The van der Waals surface area contributed by atoms with Crippen LogP contribution in [0, 0.1) is 5.82 Å². The minimum absolute atomic E-state index is 0.511. The van der Waals surface area contributed by atoms with Gasteiger partial charge in [0.15, 0.2) is 11.6 Å². The predicted octanol–water partition coefficient (Wildman–Crippen LogP) is 3.15. The number of rotatable bonds is 7. The summed E-state index contributed by atoms with van der Waals surface area (Å²) < 4.78 is 114. The Kier molecular flexibility index (Phi) is 8.05. The zero-order valence-electron chi connectivity index (χ0n) is 13.7. The SMILES string of the molecule is C[C@H](COc1cc(C(=O)NCC(F)(F)F)c(Cl)cc1F)N(S(=O)[O-])C(F)(F)F. The van der Waals surface area contributed by atoms with E-state index in [1.54, 1.807) is 0 Å². The van der Waals surface area contributed by atoms with E-state index >= 15 is 0 Å². The molecule has 0 aromatic heterocycles. The van der Waals surface area contributed by atoms with Gasteiger partial charge in [-0.05, 0) is 19.1 Å². The third-order valence-corrected chi connectivity index (χ3v) is 4.21. The Balaban J connectivity index is 2.97. The van der Waals surface area contributed by atoms with Crippen LogP contribution in [0.25, 0.3) is 0 Å². The van der Waals surface area contributed by atoms with Gasteiger partial charge < -0.3 is 14.6 Å². The van der Waals surface area contributed by atoms with Gasteiger partial charge >= 0.3 is 12.5 Å². The van der Waals surface area contributed by atoms with Crippen molar-refractivity contribution in [2.75, 3.05) is 13.2 Å². The number of nitrogens with zero attached hydrogens (tertiary/aromatic N) is 1. The van der Waals surface area contributed by atoms with E-state index in [0.717, 1.165) is 6.92 Å². The molecule has 1 aromatic carbocycles. The monoisotopic (exact) mass is 459 g/mol. The van der Waals surface area contributed by atoms with Crippen LogP contribution in [0.2, 0.25) is 5.02 Å². The Labute approximate surface area is 161 Å². The largest absolute Gasteiger partial charge is 0.759 e. The summed E-state index contributed by atoms with van der Waals surface area (Å²) in [5.41, 5.74) is -0.630. The topological polar surface area (TPSA) is 81.7 Å². The van der Waals surface area contributed by atoms with E-state index in [1.807, 2.05) is 0 Å². The van der Waals surface area contributed by atoms with E-state index in [4.69, 9.17) is 16.3 Å². The molecule has 1 amide bonds. The van der Waals surface area contributed by atoms with Crippen molar-refractivity contribution < 1.29 is 49.0 Å². The average molecular weight is 460 g/mol. The lowest BCUT2D eigenvalue weighted by Gasteiger charge is -2.31. The van der Waals surface area contributed by atoms with Crippen molar-refractivity contribution >= 4 is 28.8 Å². The zero-order valence-corrected chi connectivity index (χ0v) is 15.2. The van der Waals surface area contributed by atoms with E-state index in [2.05, 4.69) is 0 Å². The van der Waals surface area contributed by atoms with Gasteiger partial charge in [0.25, 0.3) is 5.91 Å². The standard InChI is InChI=1S/C13H12ClF7N2O4S/c1-6(23(28(25)26)13(19,20)21)4-27-10-2-7(8(14)3-9(10)15)11(24)22-5-12(16,17)18/h2-3,6H,4-5H2,1H3,(H,22,24)(H,25,26)/p-1/t6-/m1/s1. The van der Waals surface area contributed by atoms with Crippen LogP contribution in [0.5, 0.6) is 5.75 Å². The molecular formula is C13H11ClF7N2O4S-. The normalized spacial score (nSPS) is 14.7. The van der Waals surface area contributed by atoms with Crippen molar-refractivity contribution in [1.29, 1.82) is 0 Å². The molecule has 1 rings (SSSR count). The van der Waals surface area contributed by atoms with Crippen LogP contribution >= 0.6 is 11.6 Å². The highest BCUT2D eigenvalue weighted by atomic mass is 35.5. The molecule has 1 aromatic rings. The highest BCUT2D eigenvalue weighted by Crippen LogP contribution is 2.28. The number of alkyl halides is 6. The lowest BCUT2D eigenvalue weighted by atomic mass is 10.2. The fourth-order valence-corrected chi connectivity index (χ4v) is 2.61. The summed E-state index contributed by atoms with van der Waals surface area (Å²) in [6.45, 7) is -1.88. The molecule has 0 spiro atoms. The molecule has 160 valence electrons. The van der Waals surface area contributed by atoms with Gasteiger partial charge in [0.2, 0.25) is 0 Å². The second-order valence-corrected chi connectivity index (χ2v) is 6.47. The number of halogens is 8. The molecule has 2 atom stereocenters. The highest BCUT2D eigenvalue weighted by Gasteiger charge is 2.42. The van der Waals surface area contributed by atoms with Crippen LogP contribution in [-0.2, 0) is 11.3 Å². The Bertz CT molecular complexity index is 745. The maximum Gasteiger partial charge on any atom is 0.470 e. The number of nitrogens with one attached hydrogen (secondary N) is 1. The van der Waals surface area contributed by atoms with Crippen LogP contribution in [0.1, 0.15) is 17.3 Å². The van der Waals surface area contributed by atoms with Crippen LogP contribution in [0.15, 0.2) is 12.1 Å². The molecule has 0 saturated carbocycles. The van der Waals surface area contributed by atoms with Gasteiger partial charge in [-0.15, -0.1) is 4.31 Å². The number of hydrogen-bond acceptors (Lipinski definition) is 4. The van der Waals surface area contributed by atoms with Gasteiger partial charge in [0.05, 0.1) is 16.6 Å². The Morgan fingerprint density at radius 3 is 2.36 bits per heavy atom. The number of benzene rings is 1. The Morgan fingerprint density at radius 1 is 1.32 bits per heavy atom. The van der Waals surface area contributed by atoms with Gasteiger partial charge in [-0.25, -0.2) is 4.39 Å². The molecule has 1 unspecified atom stereocenters. The first-order chi connectivity index (χ1) is 12.6. The maximum atomic E-state index is 13.8. The second kappa shape index (κ2) is 9.24. The minimum Gasteiger partial charge on any atom is -0.759 e. The zero-order chi connectivity index (χ0) is 21.9. The number of amides is 1. The van der Waals surface area contributed by atoms with Gasteiger partial charge in [-0.2, -0.15) is 26.3 Å². The highest BCUT2D eigenvalue weighted by molar-refractivity contribution is 7.76. The van der Waals surface area contributed by atoms with E-state index in [1.165, 1.54) is 5.32 Å². The third kappa shape index (κ3) is 7.07. The van der Waals surface area contributed by atoms with Gasteiger partial charge in [-0.1, -0.05) is 11.6 Å². The number of carbonyl (C=O) groups excluding carboxylic acids is 1. The first kappa shape index (κ1) is 24.4. The molecule has 0 aliphatic heterocycles. The summed E-state index contributed by atoms with van der Waals surface area (Å²) in [5.74, 6) is -3.38. The third-order valence-electron chi connectivity index (χ3n) is 3.01. The molecule has 0 heterocycles. The maximum absolute atomic E-state index is 13.8. The summed E-state index contributed by atoms with van der Waals surface area (Å²) in [5, 5.41) is 0.905. The van der Waals surface area contributed by atoms with Gasteiger partial charge in [0, 0.05) is 11.3 Å². The summed E-state index contributed by atoms with van der Waals surface area (Å²) in [6, 6.07) is -0.726. The summed E-state index contributed by atoms with van der Waals surface area (Å²) in [4.78, 5) is 11.7. The molecular weight excluding hydrogens is 449 g/mol. The molecule has 15 heteroatoms. The van der Waals surface area contributed by atoms with Crippen molar-refractivity contribution in [2.24, 2.45) is 0 Å². The van der Waals surface area contributed by atoms with Crippen LogP contribution in [0.4, 0.5) is 30.7 Å². The number of ether oxygens (including phenoxy) is 1. The van der Waals surface area contributed by atoms with E-state index in [9.17, 15) is 44.3 Å². The van der Waals surface area contributed by atoms with Crippen molar-refractivity contribution in [3.63, 3.8) is 0 Å². The molecule has 1 N–H and O–H groups in total. The minimum atomic E-state index is -5.27. The summed E-state index contributed by atoms with van der Waals surface area (Å²) in [6.07, 6.45) is -10.00. The van der Waals surface area contributed by atoms with E-state index < -0.39 is 75.3 Å². The van der Waals surface area contributed by atoms with Crippen molar-refractivity contribution in [2.45, 2.75) is 25.4 Å². The summed E-state index contributed by atoms with van der Waals surface area (Å²) >= 11 is 1.88. The van der Waals surface area contributed by atoms with Crippen LogP contribution in [0.3, 0.4) is 0 Å². The quantitative estimate of drug-likeness (QED) is 0.386. The van der Waals surface area contributed by atoms with Crippen molar-refractivity contribution in [1.82, 2.24) is 9.62 Å². The van der Waals surface area contributed by atoms with Crippen molar-refractivity contribution in [3.8, 4) is 5.75 Å².